The largest absolute Gasteiger partial charge is 0.493 e. The maximum atomic E-state index is 12.1. The molecule has 0 fully saturated rings. The minimum atomic E-state index is -0.334. The van der Waals surface area contributed by atoms with E-state index < -0.39 is 0 Å². The van der Waals surface area contributed by atoms with Gasteiger partial charge in [0.2, 0.25) is 5.91 Å². The fourth-order valence-electron chi connectivity index (χ4n) is 2.56. The molecule has 2 rings (SSSR count). The van der Waals surface area contributed by atoms with Gasteiger partial charge in [-0.1, -0.05) is 28.1 Å². The summed E-state index contributed by atoms with van der Waals surface area (Å²) in [5.41, 5.74) is 4.47. The average molecular weight is 462 g/mol. The molecule has 0 radical (unpaired) electrons. The SMILES string of the molecule is COc1ccc(CCNC(=O)C/C(C)=N/NC(=O)c2cccc(Br)c2)cc1OC. The van der Waals surface area contributed by atoms with E-state index in [9.17, 15) is 9.59 Å². The summed E-state index contributed by atoms with van der Waals surface area (Å²) in [6.45, 7) is 2.17. The first-order valence-electron chi connectivity index (χ1n) is 8.99. The summed E-state index contributed by atoms with van der Waals surface area (Å²) in [7, 11) is 3.17. The molecule has 2 N–H and O–H groups in total. The van der Waals surface area contributed by atoms with Gasteiger partial charge in [-0.3, -0.25) is 9.59 Å². The molecule has 0 heterocycles. The van der Waals surface area contributed by atoms with Crippen LogP contribution in [0.3, 0.4) is 0 Å². The molecule has 0 aliphatic rings. The maximum Gasteiger partial charge on any atom is 0.271 e. The molecule has 8 heteroatoms. The van der Waals surface area contributed by atoms with E-state index >= 15 is 0 Å². The average Bonchev–Trinajstić information content (AvgIpc) is 2.71. The van der Waals surface area contributed by atoms with Gasteiger partial charge in [0, 0.05) is 22.3 Å². The van der Waals surface area contributed by atoms with Gasteiger partial charge in [0.1, 0.15) is 0 Å². The molecule has 0 unspecified atom stereocenters. The normalized spacial score (nSPS) is 11.0. The van der Waals surface area contributed by atoms with Crippen molar-refractivity contribution < 1.29 is 19.1 Å². The van der Waals surface area contributed by atoms with Crippen molar-refractivity contribution in [3.05, 3.63) is 58.1 Å². The zero-order chi connectivity index (χ0) is 21.2. The Hall–Kier alpha value is -2.87. The number of hydrogen-bond acceptors (Lipinski definition) is 5. The summed E-state index contributed by atoms with van der Waals surface area (Å²) >= 11 is 3.32. The molecule has 2 aromatic rings. The number of hydrazone groups is 1. The van der Waals surface area contributed by atoms with E-state index in [0.29, 0.717) is 35.7 Å². The van der Waals surface area contributed by atoms with Crippen molar-refractivity contribution in [3.8, 4) is 11.5 Å². The lowest BCUT2D eigenvalue weighted by molar-refractivity contribution is -0.119. The van der Waals surface area contributed by atoms with Crippen molar-refractivity contribution in [2.75, 3.05) is 20.8 Å². The fraction of sp³-hybridized carbons (Fsp3) is 0.286. The highest BCUT2D eigenvalue weighted by Gasteiger charge is 2.08. The number of rotatable bonds is 9. The van der Waals surface area contributed by atoms with Crippen LogP contribution in [0.15, 0.2) is 52.0 Å². The third-order valence-electron chi connectivity index (χ3n) is 4.04. The van der Waals surface area contributed by atoms with Crippen molar-refractivity contribution in [1.82, 2.24) is 10.7 Å². The number of benzene rings is 2. The Labute approximate surface area is 178 Å². The molecule has 0 aliphatic heterocycles. The Morgan fingerprint density at radius 2 is 1.83 bits per heavy atom. The Morgan fingerprint density at radius 3 is 2.52 bits per heavy atom. The minimum absolute atomic E-state index is 0.102. The predicted molar refractivity (Wildman–Crippen MR) is 116 cm³/mol. The smallest absolute Gasteiger partial charge is 0.271 e. The molecule has 2 amide bonds. The van der Waals surface area contributed by atoms with Crippen LogP contribution in [-0.4, -0.2) is 38.3 Å². The van der Waals surface area contributed by atoms with E-state index in [4.69, 9.17) is 9.47 Å². The van der Waals surface area contributed by atoms with Crippen LogP contribution < -0.4 is 20.2 Å². The highest BCUT2D eigenvalue weighted by atomic mass is 79.9. The summed E-state index contributed by atoms with van der Waals surface area (Å²) in [6.07, 6.45) is 0.757. The van der Waals surface area contributed by atoms with Crippen LogP contribution in [-0.2, 0) is 11.2 Å². The van der Waals surface area contributed by atoms with Crippen LogP contribution in [0.5, 0.6) is 11.5 Å². The summed E-state index contributed by atoms with van der Waals surface area (Å²) in [6, 6.07) is 12.6. The summed E-state index contributed by atoms with van der Waals surface area (Å²) in [5, 5.41) is 6.83. The first-order valence-corrected chi connectivity index (χ1v) is 9.79. The van der Waals surface area contributed by atoms with Crippen LogP contribution in [0.4, 0.5) is 0 Å². The monoisotopic (exact) mass is 461 g/mol. The van der Waals surface area contributed by atoms with Gasteiger partial charge in [0.25, 0.3) is 5.91 Å². The van der Waals surface area contributed by atoms with Crippen LogP contribution in [0, 0.1) is 0 Å². The second-order valence-electron chi connectivity index (χ2n) is 6.26. The molecular formula is C21H24BrN3O4. The van der Waals surface area contributed by atoms with Gasteiger partial charge in [-0.15, -0.1) is 0 Å². The Bertz CT molecular complexity index is 899. The van der Waals surface area contributed by atoms with Gasteiger partial charge < -0.3 is 14.8 Å². The second-order valence-corrected chi connectivity index (χ2v) is 7.18. The van der Waals surface area contributed by atoms with E-state index in [1.807, 2.05) is 24.3 Å². The zero-order valence-corrected chi connectivity index (χ0v) is 18.2. The molecule has 0 saturated carbocycles. The highest BCUT2D eigenvalue weighted by molar-refractivity contribution is 9.10. The Kier molecular flexibility index (Phi) is 8.67. The van der Waals surface area contributed by atoms with E-state index in [1.165, 1.54) is 0 Å². The van der Waals surface area contributed by atoms with Gasteiger partial charge in [-0.05, 0) is 49.2 Å². The van der Waals surface area contributed by atoms with Gasteiger partial charge in [-0.25, -0.2) is 5.43 Å². The number of methoxy groups -OCH3 is 2. The van der Waals surface area contributed by atoms with E-state index in [1.54, 1.807) is 39.3 Å². The molecule has 29 heavy (non-hydrogen) atoms. The molecule has 154 valence electrons. The Balaban J connectivity index is 1.78. The maximum absolute atomic E-state index is 12.1. The molecule has 0 aliphatic carbocycles. The molecular weight excluding hydrogens is 438 g/mol. The van der Waals surface area contributed by atoms with Crippen LogP contribution >= 0.6 is 15.9 Å². The van der Waals surface area contributed by atoms with Gasteiger partial charge in [-0.2, -0.15) is 5.10 Å². The van der Waals surface area contributed by atoms with Crippen molar-refractivity contribution in [3.63, 3.8) is 0 Å². The number of ether oxygens (including phenoxy) is 2. The summed E-state index contributed by atoms with van der Waals surface area (Å²) in [5.74, 6) is 0.820. The van der Waals surface area contributed by atoms with E-state index in [0.717, 1.165) is 10.0 Å². The number of nitrogens with one attached hydrogen (secondary N) is 2. The van der Waals surface area contributed by atoms with Gasteiger partial charge >= 0.3 is 0 Å². The molecule has 2 aromatic carbocycles. The zero-order valence-electron chi connectivity index (χ0n) is 16.6. The number of halogens is 1. The lowest BCUT2D eigenvalue weighted by atomic mass is 10.1. The molecule has 0 saturated heterocycles. The fourth-order valence-corrected chi connectivity index (χ4v) is 2.96. The van der Waals surface area contributed by atoms with Gasteiger partial charge in [0.15, 0.2) is 11.5 Å². The number of carbonyl (C=O) groups is 2. The van der Waals surface area contributed by atoms with Crippen molar-refractivity contribution in [1.29, 1.82) is 0 Å². The van der Waals surface area contributed by atoms with Crippen molar-refractivity contribution >= 4 is 33.5 Å². The standard InChI is InChI=1S/C21H24BrN3O4/c1-14(24-25-21(27)16-5-4-6-17(22)13-16)11-20(26)23-10-9-15-7-8-18(28-2)19(12-15)29-3/h4-8,12-13H,9-11H2,1-3H3,(H,23,26)(H,25,27)/b24-14+. The second kappa shape index (κ2) is 11.2. The third-order valence-corrected chi connectivity index (χ3v) is 4.53. The predicted octanol–water partition coefficient (Wildman–Crippen LogP) is 3.32. The number of amides is 2. The van der Waals surface area contributed by atoms with Gasteiger partial charge in [0.05, 0.1) is 20.6 Å². The topological polar surface area (TPSA) is 89.0 Å². The molecule has 0 atom stereocenters. The van der Waals surface area contributed by atoms with Crippen LogP contribution in [0.25, 0.3) is 0 Å². The molecule has 7 nitrogen and oxygen atoms in total. The summed E-state index contributed by atoms with van der Waals surface area (Å²) < 4.78 is 11.3. The lowest BCUT2D eigenvalue weighted by Crippen LogP contribution is -2.28. The molecule has 0 spiro atoms. The van der Waals surface area contributed by atoms with E-state index in [2.05, 4.69) is 31.8 Å². The van der Waals surface area contributed by atoms with Crippen molar-refractivity contribution in [2.24, 2.45) is 5.10 Å². The van der Waals surface area contributed by atoms with E-state index in [-0.39, 0.29) is 18.2 Å². The minimum Gasteiger partial charge on any atom is -0.493 e. The Morgan fingerprint density at radius 1 is 1.07 bits per heavy atom. The third kappa shape index (κ3) is 7.23. The number of nitrogens with zero attached hydrogens (tertiary/aromatic N) is 1. The van der Waals surface area contributed by atoms with Crippen LogP contribution in [0.2, 0.25) is 0 Å². The summed E-state index contributed by atoms with van der Waals surface area (Å²) in [4.78, 5) is 24.1. The lowest BCUT2D eigenvalue weighted by Gasteiger charge is -2.10. The van der Waals surface area contributed by atoms with Crippen molar-refractivity contribution in [2.45, 2.75) is 19.8 Å². The number of carbonyl (C=O) groups excluding carboxylic acids is 2. The quantitative estimate of drug-likeness (QED) is 0.442. The number of hydrogen-bond donors (Lipinski definition) is 2. The first-order chi connectivity index (χ1) is 13.9. The van der Waals surface area contributed by atoms with Crippen LogP contribution in [0.1, 0.15) is 29.3 Å². The molecule has 0 bridgehead atoms. The molecule has 0 aromatic heterocycles. The highest BCUT2D eigenvalue weighted by Crippen LogP contribution is 2.27. The first kappa shape index (κ1) is 22.4.